The number of benzene rings is 1. The summed E-state index contributed by atoms with van der Waals surface area (Å²) < 4.78 is 7.40. The normalized spacial score (nSPS) is 11.7. The van der Waals surface area contributed by atoms with Crippen LogP contribution in [0.3, 0.4) is 0 Å². The Labute approximate surface area is 150 Å². The van der Waals surface area contributed by atoms with E-state index in [1.165, 1.54) is 0 Å². The molecular formula is C18H20N4O2S. The number of nitrogens with zero attached hydrogens (tertiary/aromatic N) is 2. The second-order valence-electron chi connectivity index (χ2n) is 5.32. The molecule has 2 aromatic heterocycles. The Morgan fingerprint density at radius 3 is 2.76 bits per heavy atom. The first-order chi connectivity index (χ1) is 12.3. The summed E-state index contributed by atoms with van der Waals surface area (Å²) in [5.41, 5.74) is 0. The third-order valence-corrected chi connectivity index (χ3v) is 4.54. The molecule has 0 aliphatic carbocycles. The molecule has 0 aliphatic rings. The molecule has 7 heteroatoms. The van der Waals surface area contributed by atoms with Gasteiger partial charge in [-0.25, -0.2) is 4.79 Å². The molecule has 3 aromatic rings. The van der Waals surface area contributed by atoms with Crippen LogP contribution in [-0.4, -0.2) is 35.5 Å². The molecule has 2 amide bonds. The van der Waals surface area contributed by atoms with Gasteiger partial charge in [-0.15, -0.1) is 11.3 Å². The molecule has 1 aromatic carbocycles. The van der Waals surface area contributed by atoms with Crippen molar-refractivity contribution in [3.05, 3.63) is 71.2 Å². The standard InChI is InChI=1S/C18H20N4O2S/c23-18(19-10-12-24-15-6-2-1-3-7-15)20-14-16(17-8-4-13-25-17)22-11-5-9-21-22/h1-9,11,13,16H,10,12,14H2,(H2,19,20,23). The van der Waals surface area contributed by atoms with Crippen LogP contribution in [0.2, 0.25) is 0 Å². The molecule has 0 spiro atoms. The number of hydrogen-bond acceptors (Lipinski definition) is 4. The van der Waals surface area contributed by atoms with Crippen molar-refractivity contribution >= 4 is 17.4 Å². The second-order valence-corrected chi connectivity index (χ2v) is 6.29. The third kappa shape index (κ3) is 5.09. The van der Waals surface area contributed by atoms with Gasteiger partial charge in [0.25, 0.3) is 0 Å². The minimum Gasteiger partial charge on any atom is -0.492 e. The number of nitrogens with one attached hydrogen (secondary N) is 2. The summed E-state index contributed by atoms with van der Waals surface area (Å²) in [6, 6.07) is 15.2. The van der Waals surface area contributed by atoms with Crippen molar-refractivity contribution in [1.82, 2.24) is 20.4 Å². The first-order valence-corrected chi connectivity index (χ1v) is 8.93. The lowest BCUT2D eigenvalue weighted by molar-refractivity contribution is 0.235. The molecule has 2 heterocycles. The van der Waals surface area contributed by atoms with Crippen LogP contribution in [-0.2, 0) is 0 Å². The molecule has 3 rings (SSSR count). The summed E-state index contributed by atoms with van der Waals surface area (Å²) in [5.74, 6) is 0.793. The van der Waals surface area contributed by atoms with Gasteiger partial charge in [0, 0.05) is 23.8 Å². The zero-order chi connectivity index (χ0) is 17.3. The van der Waals surface area contributed by atoms with Crippen molar-refractivity contribution < 1.29 is 9.53 Å². The lowest BCUT2D eigenvalue weighted by Crippen LogP contribution is -2.40. The van der Waals surface area contributed by atoms with E-state index in [-0.39, 0.29) is 12.1 Å². The smallest absolute Gasteiger partial charge is 0.314 e. The van der Waals surface area contributed by atoms with E-state index in [4.69, 9.17) is 4.74 Å². The van der Waals surface area contributed by atoms with Crippen molar-refractivity contribution in [2.24, 2.45) is 0 Å². The number of aromatic nitrogens is 2. The number of rotatable bonds is 8. The van der Waals surface area contributed by atoms with Gasteiger partial charge in [-0.3, -0.25) is 4.68 Å². The summed E-state index contributed by atoms with van der Waals surface area (Å²) in [7, 11) is 0. The fraction of sp³-hybridized carbons (Fsp3) is 0.222. The van der Waals surface area contributed by atoms with E-state index >= 15 is 0 Å². The van der Waals surface area contributed by atoms with E-state index in [1.807, 2.05) is 64.8 Å². The highest BCUT2D eigenvalue weighted by Crippen LogP contribution is 2.21. The first kappa shape index (κ1) is 17.0. The second kappa shape index (κ2) is 8.89. The molecule has 0 radical (unpaired) electrons. The van der Waals surface area contributed by atoms with Gasteiger partial charge >= 0.3 is 6.03 Å². The predicted octanol–water partition coefficient (Wildman–Crippen LogP) is 2.91. The molecule has 0 saturated heterocycles. The van der Waals surface area contributed by atoms with Crippen molar-refractivity contribution in [1.29, 1.82) is 0 Å². The molecule has 25 heavy (non-hydrogen) atoms. The van der Waals surface area contributed by atoms with Crippen LogP contribution in [0.25, 0.3) is 0 Å². The van der Waals surface area contributed by atoms with Crippen LogP contribution in [0, 0.1) is 0 Å². The number of carbonyl (C=O) groups is 1. The van der Waals surface area contributed by atoms with Gasteiger partial charge in [-0.1, -0.05) is 24.3 Å². The maximum atomic E-state index is 12.0. The molecule has 130 valence electrons. The van der Waals surface area contributed by atoms with Crippen LogP contribution in [0.5, 0.6) is 5.75 Å². The molecule has 6 nitrogen and oxygen atoms in total. The summed E-state index contributed by atoms with van der Waals surface area (Å²) in [6.45, 7) is 1.32. The Bertz CT molecular complexity index is 711. The zero-order valence-corrected chi connectivity index (χ0v) is 14.5. The van der Waals surface area contributed by atoms with Gasteiger partial charge in [-0.2, -0.15) is 5.10 Å². The lowest BCUT2D eigenvalue weighted by Gasteiger charge is -2.17. The fourth-order valence-electron chi connectivity index (χ4n) is 2.37. The minimum atomic E-state index is -0.217. The van der Waals surface area contributed by atoms with E-state index in [0.717, 1.165) is 10.6 Å². The lowest BCUT2D eigenvalue weighted by atomic mass is 10.2. The number of carbonyl (C=O) groups excluding carboxylic acids is 1. The molecule has 1 unspecified atom stereocenters. The Morgan fingerprint density at radius 2 is 2.04 bits per heavy atom. The van der Waals surface area contributed by atoms with Gasteiger partial charge < -0.3 is 15.4 Å². The topological polar surface area (TPSA) is 68.2 Å². The van der Waals surface area contributed by atoms with E-state index < -0.39 is 0 Å². The average Bonchev–Trinajstić information content (AvgIpc) is 3.34. The number of urea groups is 1. The first-order valence-electron chi connectivity index (χ1n) is 8.05. The molecule has 0 fully saturated rings. The van der Waals surface area contributed by atoms with E-state index in [9.17, 15) is 4.79 Å². The van der Waals surface area contributed by atoms with E-state index in [2.05, 4.69) is 15.7 Å². The quantitative estimate of drug-likeness (QED) is 0.610. The van der Waals surface area contributed by atoms with Crippen molar-refractivity contribution in [3.63, 3.8) is 0 Å². The number of ether oxygens (including phenoxy) is 1. The van der Waals surface area contributed by atoms with Gasteiger partial charge in [0.1, 0.15) is 18.4 Å². The number of thiophene rings is 1. The zero-order valence-electron chi connectivity index (χ0n) is 13.7. The maximum absolute atomic E-state index is 12.0. The highest BCUT2D eigenvalue weighted by Gasteiger charge is 2.16. The molecule has 0 bridgehead atoms. The summed E-state index contributed by atoms with van der Waals surface area (Å²) in [4.78, 5) is 13.1. The van der Waals surface area contributed by atoms with Crippen LogP contribution in [0.15, 0.2) is 66.3 Å². The van der Waals surface area contributed by atoms with Gasteiger partial charge in [0.15, 0.2) is 0 Å². The average molecular weight is 356 g/mol. The van der Waals surface area contributed by atoms with Gasteiger partial charge in [-0.05, 0) is 29.6 Å². The van der Waals surface area contributed by atoms with Crippen LogP contribution in [0.1, 0.15) is 10.9 Å². The molecule has 2 N–H and O–H groups in total. The molecular weight excluding hydrogens is 336 g/mol. The summed E-state index contributed by atoms with van der Waals surface area (Å²) >= 11 is 1.65. The third-order valence-electron chi connectivity index (χ3n) is 3.57. The van der Waals surface area contributed by atoms with Crippen LogP contribution >= 0.6 is 11.3 Å². The SMILES string of the molecule is O=C(NCCOc1ccccc1)NCC(c1cccs1)n1cccn1. The molecule has 1 atom stereocenters. The Morgan fingerprint density at radius 1 is 1.16 bits per heavy atom. The van der Waals surface area contributed by atoms with Gasteiger partial charge in [0.05, 0.1) is 6.54 Å². The Balaban J connectivity index is 1.43. The largest absolute Gasteiger partial charge is 0.492 e. The van der Waals surface area contributed by atoms with E-state index in [0.29, 0.717) is 19.7 Å². The number of amides is 2. The highest BCUT2D eigenvalue weighted by molar-refractivity contribution is 7.10. The van der Waals surface area contributed by atoms with Crippen molar-refractivity contribution in [3.8, 4) is 5.75 Å². The minimum absolute atomic E-state index is 0.0127. The van der Waals surface area contributed by atoms with E-state index in [1.54, 1.807) is 17.5 Å². The molecule has 0 aliphatic heterocycles. The molecule has 0 saturated carbocycles. The maximum Gasteiger partial charge on any atom is 0.314 e. The monoisotopic (exact) mass is 356 g/mol. The van der Waals surface area contributed by atoms with Crippen molar-refractivity contribution in [2.45, 2.75) is 6.04 Å². The summed E-state index contributed by atoms with van der Waals surface area (Å²) in [5, 5.41) is 12.0. The Kier molecular flexibility index (Phi) is 6.06. The fourth-order valence-corrected chi connectivity index (χ4v) is 3.19. The highest BCUT2D eigenvalue weighted by atomic mass is 32.1. The Hall–Kier alpha value is -2.80. The summed E-state index contributed by atoms with van der Waals surface area (Å²) in [6.07, 6.45) is 3.64. The van der Waals surface area contributed by atoms with Crippen molar-refractivity contribution in [2.75, 3.05) is 19.7 Å². The van der Waals surface area contributed by atoms with Crippen LogP contribution in [0.4, 0.5) is 4.79 Å². The van der Waals surface area contributed by atoms with Crippen LogP contribution < -0.4 is 15.4 Å². The number of para-hydroxylation sites is 1. The predicted molar refractivity (Wildman–Crippen MR) is 98.0 cm³/mol. The number of hydrogen-bond donors (Lipinski definition) is 2. The van der Waals surface area contributed by atoms with Gasteiger partial charge in [0.2, 0.25) is 0 Å².